The fraction of sp³-hybridized carbons (Fsp3) is 0.267. The van der Waals surface area contributed by atoms with Gasteiger partial charge in [-0.1, -0.05) is 40.7 Å². The summed E-state index contributed by atoms with van der Waals surface area (Å²) in [5.41, 5.74) is 2.20. The van der Waals surface area contributed by atoms with Crippen molar-refractivity contribution in [2.75, 3.05) is 7.11 Å². The number of benzene rings is 1. The summed E-state index contributed by atoms with van der Waals surface area (Å²) >= 11 is 7.17. The molecule has 3 rings (SSSR count). The molecule has 24 heavy (non-hydrogen) atoms. The van der Waals surface area contributed by atoms with Crippen LogP contribution in [0.5, 0.6) is 0 Å². The number of ether oxygens (including phenoxy) is 1. The third-order valence-corrected chi connectivity index (χ3v) is 4.65. The summed E-state index contributed by atoms with van der Waals surface area (Å²) in [6.07, 6.45) is 1.44. The maximum Gasteiger partial charge on any atom is 0.318 e. The molecule has 7 nitrogen and oxygen atoms in total. The van der Waals surface area contributed by atoms with E-state index >= 15 is 0 Å². The topological polar surface area (TPSA) is 82.8 Å². The van der Waals surface area contributed by atoms with Gasteiger partial charge in [-0.2, -0.15) is 0 Å². The number of carbonyl (C=O) groups excluding carboxylic acids is 1. The van der Waals surface area contributed by atoms with Gasteiger partial charge in [0.05, 0.1) is 13.7 Å². The Morgan fingerprint density at radius 2 is 2.08 bits per heavy atom. The molecule has 0 N–H and O–H groups in total. The van der Waals surface area contributed by atoms with Crippen molar-refractivity contribution in [3.63, 3.8) is 0 Å². The van der Waals surface area contributed by atoms with E-state index in [1.54, 1.807) is 11.6 Å². The first-order valence-corrected chi connectivity index (χ1v) is 8.37. The number of aromatic nitrogens is 5. The number of methoxy groups -OCH3 is 1. The minimum Gasteiger partial charge on any atom is -0.468 e. The van der Waals surface area contributed by atoms with Gasteiger partial charge in [-0.15, -0.1) is 5.10 Å². The van der Waals surface area contributed by atoms with E-state index in [-0.39, 0.29) is 5.97 Å². The molecule has 0 unspecified atom stereocenters. The van der Waals surface area contributed by atoms with Crippen LogP contribution in [0.25, 0.3) is 11.2 Å². The Morgan fingerprint density at radius 3 is 2.79 bits per heavy atom. The molecule has 2 heterocycles. The number of nitrogens with zero attached hydrogens (tertiary/aromatic N) is 5. The zero-order valence-corrected chi connectivity index (χ0v) is 14.6. The fourth-order valence-electron chi connectivity index (χ4n) is 2.11. The zero-order valence-electron chi connectivity index (χ0n) is 13.0. The molecule has 2 aromatic heterocycles. The van der Waals surface area contributed by atoms with Gasteiger partial charge >= 0.3 is 5.97 Å². The Kier molecular flexibility index (Phi) is 4.96. The smallest absolute Gasteiger partial charge is 0.318 e. The standard InChI is InChI=1S/C15H14ClN5O2S/c1-9(15(22)23-2)24-14-12-13(17-8-18-14)21(20-19-12)7-10-3-5-11(16)6-4-10/h3-6,8-9H,7H2,1-2H3/t9-/m0/s1. The van der Waals surface area contributed by atoms with Crippen LogP contribution in [0.4, 0.5) is 0 Å². The molecule has 0 saturated carbocycles. The molecule has 0 aliphatic rings. The Labute approximate surface area is 147 Å². The number of rotatable bonds is 5. The summed E-state index contributed by atoms with van der Waals surface area (Å²) in [5.74, 6) is -0.319. The molecule has 0 radical (unpaired) electrons. The van der Waals surface area contributed by atoms with Crippen LogP contribution >= 0.6 is 23.4 Å². The van der Waals surface area contributed by atoms with Crippen LogP contribution in [-0.4, -0.2) is 43.3 Å². The second-order valence-corrected chi connectivity index (χ2v) is 6.77. The van der Waals surface area contributed by atoms with Crippen LogP contribution in [0.15, 0.2) is 35.6 Å². The molecule has 0 aliphatic carbocycles. The molecule has 0 fully saturated rings. The molecule has 3 aromatic rings. The van der Waals surface area contributed by atoms with Crippen LogP contribution in [0, 0.1) is 0 Å². The van der Waals surface area contributed by atoms with Crippen molar-refractivity contribution in [3.8, 4) is 0 Å². The van der Waals surface area contributed by atoms with E-state index in [9.17, 15) is 4.79 Å². The van der Waals surface area contributed by atoms with Crippen LogP contribution in [0.2, 0.25) is 5.02 Å². The number of carbonyl (C=O) groups is 1. The van der Waals surface area contributed by atoms with Gasteiger partial charge in [0.1, 0.15) is 16.6 Å². The number of hydrogen-bond acceptors (Lipinski definition) is 7. The molecule has 0 amide bonds. The highest BCUT2D eigenvalue weighted by atomic mass is 35.5. The molecule has 0 aliphatic heterocycles. The Morgan fingerprint density at radius 1 is 1.33 bits per heavy atom. The van der Waals surface area contributed by atoms with E-state index < -0.39 is 5.25 Å². The van der Waals surface area contributed by atoms with Crippen molar-refractivity contribution < 1.29 is 9.53 Å². The molecular weight excluding hydrogens is 350 g/mol. The summed E-state index contributed by atoms with van der Waals surface area (Å²) < 4.78 is 6.42. The lowest BCUT2D eigenvalue weighted by atomic mass is 10.2. The summed E-state index contributed by atoms with van der Waals surface area (Å²) in [7, 11) is 1.36. The van der Waals surface area contributed by atoms with E-state index in [1.165, 1.54) is 25.2 Å². The lowest BCUT2D eigenvalue weighted by Crippen LogP contribution is -2.14. The lowest BCUT2D eigenvalue weighted by Gasteiger charge is -2.07. The molecule has 0 spiro atoms. The monoisotopic (exact) mass is 363 g/mol. The average molecular weight is 364 g/mol. The van der Waals surface area contributed by atoms with Crippen molar-refractivity contribution >= 4 is 40.5 Å². The summed E-state index contributed by atoms with van der Waals surface area (Å²) in [6.45, 7) is 2.27. The molecule has 1 atom stereocenters. The second kappa shape index (κ2) is 7.14. The molecule has 0 saturated heterocycles. The maximum absolute atomic E-state index is 11.6. The third kappa shape index (κ3) is 3.49. The van der Waals surface area contributed by atoms with Crippen molar-refractivity contribution in [2.45, 2.75) is 23.7 Å². The molecule has 124 valence electrons. The third-order valence-electron chi connectivity index (χ3n) is 3.33. The van der Waals surface area contributed by atoms with E-state index in [4.69, 9.17) is 16.3 Å². The average Bonchev–Trinajstić information content (AvgIpc) is 3.00. The van der Waals surface area contributed by atoms with Gasteiger partial charge in [-0.05, 0) is 24.6 Å². The van der Waals surface area contributed by atoms with E-state index in [0.29, 0.717) is 27.8 Å². The number of hydrogen-bond donors (Lipinski definition) is 0. The minimum atomic E-state index is -0.394. The highest BCUT2D eigenvalue weighted by Crippen LogP contribution is 2.27. The van der Waals surface area contributed by atoms with Gasteiger partial charge in [0.25, 0.3) is 0 Å². The van der Waals surface area contributed by atoms with Crippen LogP contribution in [-0.2, 0) is 16.1 Å². The van der Waals surface area contributed by atoms with Crippen LogP contribution in [0.1, 0.15) is 12.5 Å². The highest BCUT2D eigenvalue weighted by molar-refractivity contribution is 8.00. The van der Waals surface area contributed by atoms with Crippen molar-refractivity contribution in [1.82, 2.24) is 25.0 Å². The largest absolute Gasteiger partial charge is 0.468 e. The first-order valence-electron chi connectivity index (χ1n) is 7.11. The fourth-order valence-corrected chi connectivity index (χ4v) is 3.11. The van der Waals surface area contributed by atoms with E-state index in [0.717, 1.165) is 5.56 Å². The van der Waals surface area contributed by atoms with Gasteiger partial charge in [0, 0.05) is 5.02 Å². The molecule has 1 aromatic carbocycles. The minimum absolute atomic E-state index is 0.319. The van der Waals surface area contributed by atoms with E-state index in [1.807, 2.05) is 24.3 Å². The first-order chi connectivity index (χ1) is 11.6. The van der Waals surface area contributed by atoms with Crippen LogP contribution in [0.3, 0.4) is 0 Å². The number of halogens is 1. The molecular formula is C15H14ClN5O2S. The normalized spacial score (nSPS) is 12.3. The van der Waals surface area contributed by atoms with Gasteiger partial charge in [0.15, 0.2) is 11.2 Å². The number of thioether (sulfide) groups is 1. The number of fused-ring (bicyclic) bond motifs is 1. The van der Waals surface area contributed by atoms with Crippen molar-refractivity contribution in [3.05, 3.63) is 41.2 Å². The van der Waals surface area contributed by atoms with Gasteiger partial charge in [0.2, 0.25) is 0 Å². The van der Waals surface area contributed by atoms with Gasteiger partial charge in [-0.3, -0.25) is 4.79 Å². The summed E-state index contributed by atoms with van der Waals surface area (Å²) in [5, 5.41) is 9.19. The first kappa shape index (κ1) is 16.7. The van der Waals surface area contributed by atoms with Crippen molar-refractivity contribution in [2.24, 2.45) is 0 Å². The summed E-state index contributed by atoms with van der Waals surface area (Å²) in [6, 6.07) is 7.49. The predicted octanol–water partition coefficient (Wildman–Crippen LogP) is 2.58. The van der Waals surface area contributed by atoms with E-state index in [2.05, 4.69) is 20.3 Å². The summed E-state index contributed by atoms with van der Waals surface area (Å²) in [4.78, 5) is 20.1. The zero-order chi connectivity index (χ0) is 17.1. The highest BCUT2D eigenvalue weighted by Gasteiger charge is 2.19. The molecule has 0 bridgehead atoms. The Bertz CT molecular complexity index is 868. The number of esters is 1. The SMILES string of the molecule is COC(=O)[C@H](C)Sc1ncnc2c1nnn2Cc1ccc(Cl)cc1. The quantitative estimate of drug-likeness (QED) is 0.391. The predicted molar refractivity (Wildman–Crippen MR) is 91.0 cm³/mol. The Hall–Kier alpha value is -2.19. The van der Waals surface area contributed by atoms with Crippen LogP contribution < -0.4 is 0 Å². The second-order valence-electron chi connectivity index (χ2n) is 5.01. The van der Waals surface area contributed by atoms with Gasteiger partial charge in [-0.25, -0.2) is 14.6 Å². The lowest BCUT2D eigenvalue weighted by molar-refractivity contribution is -0.139. The Balaban J connectivity index is 1.88. The molecule has 9 heteroatoms. The van der Waals surface area contributed by atoms with Crippen molar-refractivity contribution in [1.29, 1.82) is 0 Å². The van der Waals surface area contributed by atoms with Gasteiger partial charge < -0.3 is 4.74 Å². The maximum atomic E-state index is 11.6.